The van der Waals surface area contributed by atoms with E-state index in [1.807, 2.05) is 11.2 Å². The van der Waals surface area contributed by atoms with Crippen LogP contribution in [0.15, 0.2) is 0 Å². The van der Waals surface area contributed by atoms with Crippen molar-refractivity contribution in [1.82, 2.24) is 9.80 Å². The van der Waals surface area contributed by atoms with Gasteiger partial charge in [-0.1, -0.05) is 32.1 Å². The lowest BCUT2D eigenvalue weighted by atomic mass is 9.78. The van der Waals surface area contributed by atoms with Crippen molar-refractivity contribution in [3.8, 4) is 0 Å². The highest BCUT2D eigenvalue weighted by Gasteiger charge is 2.49. The lowest BCUT2D eigenvalue weighted by Gasteiger charge is -2.40. The summed E-state index contributed by atoms with van der Waals surface area (Å²) in [6.45, 7) is 3.28. The third kappa shape index (κ3) is 3.92. The van der Waals surface area contributed by atoms with Crippen LogP contribution in [0.1, 0.15) is 57.8 Å². The van der Waals surface area contributed by atoms with Crippen LogP contribution in [0.25, 0.3) is 0 Å². The van der Waals surface area contributed by atoms with Gasteiger partial charge in [-0.2, -0.15) is 11.8 Å². The van der Waals surface area contributed by atoms with Crippen molar-refractivity contribution in [3.63, 3.8) is 0 Å². The van der Waals surface area contributed by atoms with E-state index >= 15 is 0 Å². The number of amides is 2. The first kappa shape index (κ1) is 18.1. The number of carbonyl (C=O) groups excluding carboxylic acids is 2. The lowest BCUT2D eigenvalue weighted by molar-refractivity contribution is -0.146. The highest BCUT2D eigenvalue weighted by atomic mass is 32.2. The quantitative estimate of drug-likeness (QED) is 0.763. The molecule has 24 heavy (non-hydrogen) atoms. The van der Waals surface area contributed by atoms with Gasteiger partial charge in [0.05, 0.1) is 11.2 Å². The highest BCUT2D eigenvalue weighted by molar-refractivity contribution is 7.99. The van der Waals surface area contributed by atoms with E-state index in [4.69, 9.17) is 0 Å². The first-order valence-electron chi connectivity index (χ1n) is 9.71. The molecule has 4 nitrogen and oxygen atoms in total. The topological polar surface area (TPSA) is 40.6 Å². The molecule has 3 rings (SSSR count). The molecule has 2 heterocycles. The van der Waals surface area contributed by atoms with Gasteiger partial charge in [-0.3, -0.25) is 9.59 Å². The zero-order valence-electron chi connectivity index (χ0n) is 15.1. The summed E-state index contributed by atoms with van der Waals surface area (Å²) in [4.78, 5) is 29.4. The summed E-state index contributed by atoms with van der Waals surface area (Å²) >= 11 is 1.57. The monoisotopic (exact) mass is 352 g/mol. The molecule has 2 saturated heterocycles. The van der Waals surface area contributed by atoms with E-state index in [-0.39, 0.29) is 11.3 Å². The van der Waals surface area contributed by atoms with Gasteiger partial charge in [0, 0.05) is 26.2 Å². The summed E-state index contributed by atoms with van der Waals surface area (Å²) in [5.74, 6) is 1.90. The van der Waals surface area contributed by atoms with E-state index in [9.17, 15) is 9.59 Å². The van der Waals surface area contributed by atoms with Gasteiger partial charge in [0.15, 0.2) is 0 Å². The average molecular weight is 353 g/mol. The summed E-state index contributed by atoms with van der Waals surface area (Å²) < 4.78 is 0. The fourth-order valence-electron chi connectivity index (χ4n) is 4.86. The van der Waals surface area contributed by atoms with Crippen LogP contribution in [-0.2, 0) is 9.59 Å². The summed E-state index contributed by atoms with van der Waals surface area (Å²) in [6, 6.07) is 0. The normalized spacial score (nSPS) is 28.8. The molecule has 0 N–H and O–H groups in total. The zero-order valence-corrected chi connectivity index (χ0v) is 15.9. The Labute approximate surface area is 150 Å². The van der Waals surface area contributed by atoms with Crippen LogP contribution in [0.2, 0.25) is 0 Å². The molecule has 5 heteroatoms. The number of likely N-dealkylation sites (tertiary alicyclic amines) is 2. The summed E-state index contributed by atoms with van der Waals surface area (Å²) in [5, 5.41) is 0. The lowest BCUT2D eigenvalue weighted by Crippen LogP contribution is -2.50. The maximum atomic E-state index is 13.1. The number of piperidine rings is 1. The number of carbonyl (C=O) groups is 2. The third-order valence-corrected chi connectivity index (χ3v) is 6.87. The molecular formula is C19H32N2O2S. The maximum Gasteiger partial charge on any atom is 0.232 e. The smallest absolute Gasteiger partial charge is 0.232 e. The Morgan fingerprint density at radius 3 is 2.71 bits per heavy atom. The predicted octanol–water partition coefficient (Wildman–Crippen LogP) is 3.16. The minimum atomic E-state index is -0.265. The second-order valence-corrected chi connectivity index (χ2v) is 8.83. The van der Waals surface area contributed by atoms with Crippen LogP contribution in [0.5, 0.6) is 0 Å². The van der Waals surface area contributed by atoms with Gasteiger partial charge in [-0.25, -0.2) is 0 Å². The van der Waals surface area contributed by atoms with Crippen molar-refractivity contribution in [3.05, 3.63) is 0 Å². The fraction of sp³-hybridized carbons (Fsp3) is 0.895. The van der Waals surface area contributed by atoms with Crippen LogP contribution in [-0.4, -0.2) is 59.8 Å². The molecule has 1 spiro atoms. The molecule has 3 aliphatic rings. The third-order valence-electron chi connectivity index (χ3n) is 6.33. The van der Waals surface area contributed by atoms with E-state index in [0.717, 1.165) is 44.8 Å². The molecule has 1 aliphatic carbocycles. The van der Waals surface area contributed by atoms with Crippen LogP contribution in [0.3, 0.4) is 0 Å². The van der Waals surface area contributed by atoms with Gasteiger partial charge >= 0.3 is 0 Å². The van der Waals surface area contributed by atoms with E-state index in [0.29, 0.717) is 18.2 Å². The van der Waals surface area contributed by atoms with Crippen molar-refractivity contribution in [2.24, 2.45) is 11.3 Å². The summed E-state index contributed by atoms with van der Waals surface area (Å²) in [5.41, 5.74) is -0.265. The molecule has 0 aromatic heterocycles. The van der Waals surface area contributed by atoms with Crippen LogP contribution < -0.4 is 0 Å². The number of rotatable bonds is 5. The first-order valence-corrected chi connectivity index (χ1v) is 11.1. The Morgan fingerprint density at radius 2 is 1.96 bits per heavy atom. The van der Waals surface area contributed by atoms with Gasteiger partial charge in [0.2, 0.25) is 11.8 Å². The van der Waals surface area contributed by atoms with E-state index in [1.165, 1.54) is 38.5 Å². The molecule has 136 valence electrons. The minimum Gasteiger partial charge on any atom is -0.342 e. The van der Waals surface area contributed by atoms with Crippen LogP contribution in [0, 0.1) is 11.3 Å². The number of hydrogen-bond acceptors (Lipinski definition) is 3. The molecule has 0 unspecified atom stereocenters. The number of nitrogens with zero attached hydrogens (tertiary/aromatic N) is 2. The second-order valence-electron chi connectivity index (χ2n) is 7.97. The van der Waals surface area contributed by atoms with Crippen LogP contribution >= 0.6 is 11.8 Å². The first-order chi connectivity index (χ1) is 11.6. The maximum absolute atomic E-state index is 13.1. The Kier molecular flexibility index (Phi) is 6.12. The second kappa shape index (κ2) is 8.11. The van der Waals surface area contributed by atoms with Gasteiger partial charge < -0.3 is 9.80 Å². The standard InChI is InChI=1S/C19H32N2O2S/c1-24-14-17(22)21-13-10-19(15-21)9-5-11-20(18(19)23)12-8-16-6-3-2-4-7-16/h16H,2-15H2,1H3/t19-/m0/s1. The molecule has 0 aromatic rings. The molecule has 1 saturated carbocycles. The molecule has 0 bridgehead atoms. The molecule has 0 radical (unpaired) electrons. The Balaban J connectivity index is 1.55. The molecule has 2 aliphatic heterocycles. The van der Waals surface area contributed by atoms with Gasteiger partial charge in [-0.05, 0) is 37.9 Å². The largest absolute Gasteiger partial charge is 0.342 e. The van der Waals surface area contributed by atoms with Crippen molar-refractivity contribution < 1.29 is 9.59 Å². The van der Waals surface area contributed by atoms with Crippen LogP contribution in [0.4, 0.5) is 0 Å². The van der Waals surface area contributed by atoms with Gasteiger partial charge in [0.1, 0.15) is 0 Å². The minimum absolute atomic E-state index is 0.200. The van der Waals surface area contributed by atoms with E-state index in [1.54, 1.807) is 11.8 Å². The SMILES string of the molecule is CSCC(=O)N1CC[C@@]2(CCCN(CCC3CCCCC3)C2=O)C1. The van der Waals surface area contributed by atoms with Crippen molar-refractivity contribution >= 4 is 23.6 Å². The Hall–Kier alpha value is -0.710. The predicted molar refractivity (Wildman–Crippen MR) is 99.0 cm³/mol. The Morgan fingerprint density at radius 1 is 1.17 bits per heavy atom. The summed E-state index contributed by atoms with van der Waals surface area (Å²) in [7, 11) is 0. The van der Waals surface area contributed by atoms with E-state index in [2.05, 4.69) is 4.90 Å². The fourth-order valence-corrected chi connectivity index (χ4v) is 5.29. The number of hydrogen-bond donors (Lipinski definition) is 0. The molecule has 1 atom stereocenters. The van der Waals surface area contributed by atoms with Crippen molar-refractivity contribution in [1.29, 1.82) is 0 Å². The van der Waals surface area contributed by atoms with Crippen molar-refractivity contribution in [2.45, 2.75) is 57.8 Å². The van der Waals surface area contributed by atoms with E-state index < -0.39 is 0 Å². The molecule has 2 amide bonds. The summed E-state index contributed by atoms with van der Waals surface area (Å²) in [6.07, 6.45) is 12.9. The van der Waals surface area contributed by atoms with Crippen molar-refractivity contribution in [2.75, 3.05) is 38.2 Å². The Bertz CT molecular complexity index is 464. The van der Waals surface area contributed by atoms with Gasteiger partial charge in [0.25, 0.3) is 0 Å². The average Bonchev–Trinajstić information content (AvgIpc) is 3.03. The molecule has 3 fully saturated rings. The zero-order chi connectivity index (χ0) is 17.0. The highest BCUT2D eigenvalue weighted by Crippen LogP contribution is 2.40. The van der Waals surface area contributed by atoms with Gasteiger partial charge in [-0.15, -0.1) is 0 Å². The number of thioether (sulfide) groups is 1. The molecule has 0 aromatic carbocycles. The molecular weight excluding hydrogens is 320 g/mol.